The number of allylic oxidation sites excluding steroid dienone is 2. The number of carbonyl (C=O) groups is 1. The van der Waals surface area contributed by atoms with Crippen LogP contribution in [0.5, 0.6) is 0 Å². The number of hydroxylamine groups is 1. The molecule has 4 nitrogen and oxygen atoms in total. The molecule has 0 bridgehead atoms. The van der Waals surface area contributed by atoms with Gasteiger partial charge in [0.25, 0.3) is 0 Å². The summed E-state index contributed by atoms with van der Waals surface area (Å²) < 4.78 is 0. The van der Waals surface area contributed by atoms with Crippen molar-refractivity contribution >= 4 is 5.97 Å². The third-order valence-electron chi connectivity index (χ3n) is 3.23. The van der Waals surface area contributed by atoms with Gasteiger partial charge in [-0.3, -0.25) is 4.79 Å². The van der Waals surface area contributed by atoms with Crippen LogP contribution < -0.4 is 5.48 Å². The second kappa shape index (κ2) is 4.74. The van der Waals surface area contributed by atoms with Crippen LogP contribution in [0.15, 0.2) is 11.6 Å². The molecule has 4 heteroatoms. The Labute approximate surface area is 109 Å². The van der Waals surface area contributed by atoms with Crippen LogP contribution >= 0.6 is 0 Å². The van der Waals surface area contributed by atoms with Gasteiger partial charge in [-0.2, -0.15) is 5.26 Å². The highest BCUT2D eigenvalue weighted by molar-refractivity contribution is 5.78. The smallest absolute Gasteiger partial charge is 0.328 e. The summed E-state index contributed by atoms with van der Waals surface area (Å²) in [6.45, 7) is 11.6. The molecule has 0 radical (unpaired) electrons. The maximum absolute atomic E-state index is 12.0. The molecule has 0 saturated heterocycles. The molecule has 0 aromatic rings. The van der Waals surface area contributed by atoms with Crippen LogP contribution in [0.1, 0.15) is 41.5 Å². The lowest BCUT2D eigenvalue weighted by molar-refractivity contribution is -0.157. The van der Waals surface area contributed by atoms with Crippen LogP contribution in [0.2, 0.25) is 0 Å². The van der Waals surface area contributed by atoms with E-state index in [4.69, 9.17) is 10.1 Å². The minimum Gasteiger partial charge on any atom is -0.370 e. The monoisotopic (exact) mass is 250 g/mol. The van der Waals surface area contributed by atoms with Crippen molar-refractivity contribution < 1.29 is 9.63 Å². The van der Waals surface area contributed by atoms with E-state index in [1.165, 1.54) is 0 Å². The third-order valence-corrected chi connectivity index (χ3v) is 3.23. The van der Waals surface area contributed by atoms with E-state index in [0.29, 0.717) is 5.57 Å². The highest BCUT2D eigenvalue weighted by Crippen LogP contribution is 2.59. The Morgan fingerprint density at radius 3 is 2.44 bits per heavy atom. The molecule has 0 aromatic heterocycles. The summed E-state index contributed by atoms with van der Waals surface area (Å²) >= 11 is 0. The van der Waals surface area contributed by atoms with Crippen molar-refractivity contribution in [3.63, 3.8) is 0 Å². The van der Waals surface area contributed by atoms with Gasteiger partial charge in [0.05, 0.1) is 12.0 Å². The van der Waals surface area contributed by atoms with Crippen molar-refractivity contribution in [1.29, 1.82) is 5.26 Å². The molecule has 1 saturated carbocycles. The first-order valence-electron chi connectivity index (χ1n) is 6.16. The molecule has 0 aromatic carbocycles. The molecule has 0 aliphatic heterocycles. The van der Waals surface area contributed by atoms with E-state index in [9.17, 15) is 4.79 Å². The lowest BCUT2D eigenvalue weighted by Crippen LogP contribution is -2.38. The van der Waals surface area contributed by atoms with Gasteiger partial charge in [-0.05, 0) is 39.0 Å². The molecule has 1 fully saturated rings. The molecule has 18 heavy (non-hydrogen) atoms. The second-order valence-electron chi connectivity index (χ2n) is 6.56. The first-order valence-corrected chi connectivity index (χ1v) is 6.16. The lowest BCUT2D eigenvalue weighted by Gasteiger charge is -2.19. The minimum atomic E-state index is -0.261. The molecular formula is C14H22N2O2. The summed E-state index contributed by atoms with van der Waals surface area (Å²) in [5.41, 5.74) is 2.99. The van der Waals surface area contributed by atoms with Gasteiger partial charge < -0.3 is 4.84 Å². The highest BCUT2D eigenvalue weighted by Gasteiger charge is 2.61. The van der Waals surface area contributed by atoms with Crippen molar-refractivity contribution in [3.05, 3.63) is 11.6 Å². The summed E-state index contributed by atoms with van der Waals surface area (Å²) in [6.07, 6.45) is 1.86. The minimum absolute atomic E-state index is 0.0893. The van der Waals surface area contributed by atoms with Gasteiger partial charge in [0.2, 0.25) is 0 Å². The largest absolute Gasteiger partial charge is 0.370 e. The lowest BCUT2D eigenvalue weighted by atomic mass is 10.1. The Morgan fingerprint density at radius 2 is 2.00 bits per heavy atom. The summed E-state index contributed by atoms with van der Waals surface area (Å²) in [7, 11) is 0. The van der Waals surface area contributed by atoms with Gasteiger partial charge in [0, 0.05) is 11.1 Å². The molecule has 0 heterocycles. The fraction of sp³-hybridized carbons (Fsp3) is 0.714. The van der Waals surface area contributed by atoms with Crippen LogP contribution in [-0.2, 0) is 9.63 Å². The quantitative estimate of drug-likeness (QED) is 0.617. The van der Waals surface area contributed by atoms with Gasteiger partial charge in [-0.1, -0.05) is 19.9 Å². The number of hydrogen-bond donors (Lipinski definition) is 1. The number of rotatable bonds is 3. The SMILES string of the molecule is C/C(C#N)=C/[C@@H]1[C@@H](C(=O)ONC(C)(C)C)C1(C)C. The Bertz CT molecular complexity index is 410. The predicted octanol–water partition coefficient (Wildman–Crippen LogP) is 2.57. The van der Waals surface area contributed by atoms with Gasteiger partial charge >= 0.3 is 5.97 Å². The average molecular weight is 250 g/mol. The molecule has 2 atom stereocenters. The number of nitrogens with one attached hydrogen (secondary N) is 1. The zero-order valence-corrected chi connectivity index (χ0v) is 12.0. The third kappa shape index (κ3) is 3.33. The number of hydrogen-bond acceptors (Lipinski definition) is 4. The van der Waals surface area contributed by atoms with Crippen molar-refractivity contribution in [3.8, 4) is 6.07 Å². The van der Waals surface area contributed by atoms with Gasteiger partial charge in [0.1, 0.15) is 0 Å². The summed E-state index contributed by atoms with van der Waals surface area (Å²) in [5, 5.41) is 8.77. The highest BCUT2D eigenvalue weighted by atomic mass is 16.7. The maximum atomic E-state index is 12.0. The average Bonchev–Trinajstić information content (AvgIpc) is 2.76. The molecule has 1 aliphatic rings. The first-order chi connectivity index (χ1) is 8.09. The zero-order chi connectivity index (χ0) is 14.1. The fourth-order valence-corrected chi connectivity index (χ4v) is 2.01. The Balaban J connectivity index is 2.64. The zero-order valence-electron chi connectivity index (χ0n) is 12.0. The van der Waals surface area contributed by atoms with Crippen molar-refractivity contribution in [2.75, 3.05) is 0 Å². The van der Waals surface area contributed by atoms with Gasteiger partial charge in [-0.15, -0.1) is 5.48 Å². The van der Waals surface area contributed by atoms with Crippen molar-refractivity contribution in [2.45, 2.75) is 47.1 Å². The normalized spacial score (nSPS) is 26.4. The van der Waals surface area contributed by atoms with Crippen LogP contribution in [0.4, 0.5) is 0 Å². The van der Waals surface area contributed by atoms with Crippen molar-refractivity contribution in [2.24, 2.45) is 17.3 Å². The molecule has 100 valence electrons. The Hall–Kier alpha value is -1.34. The van der Waals surface area contributed by atoms with Crippen LogP contribution in [0, 0.1) is 28.6 Å². The Kier molecular flexibility index (Phi) is 3.87. The molecule has 0 spiro atoms. The predicted molar refractivity (Wildman–Crippen MR) is 69.1 cm³/mol. The van der Waals surface area contributed by atoms with Gasteiger partial charge in [0.15, 0.2) is 0 Å². The number of nitrogens with zero attached hydrogens (tertiary/aromatic N) is 1. The molecule has 0 unspecified atom stereocenters. The number of nitriles is 1. The van der Waals surface area contributed by atoms with E-state index in [2.05, 4.69) is 11.5 Å². The van der Waals surface area contributed by atoms with Gasteiger partial charge in [-0.25, -0.2) is 0 Å². The number of carbonyl (C=O) groups excluding carboxylic acids is 1. The van der Waals surface area contributed by atoms with E-state index in [1.807, 2.05) is 40.7 Å². The van der Waals surface area contributed by atoms with Crippen LogP contribution in [-0.4, -0.2) is 11.5 Å². The molecule has 1 rings (SSSR count). The van der Waals surface area contributed by atoms with E-state index >= 15 is 0 Å². The Morgan fingerprint density at radius 1 is 1.44 bits per heavy atom. The maximum Gasteiger partial charge on any atom is 0.328 e. The second-order valence-corrected chi connectivity index (χ2v) is 6.56. The van der Waals surface area contributed by atoms with E-state index in [-0.39, 0.29) is 28.8 Å². The van der Waals surface area contributed by atoms with Crippen LogP contribution in [0.25, 0.3) is 0 Å². The standard InChI is InChI=1S/C14H22N2O2/c1-9(8-15)7-10-11(14(10,5)6)12(17)18-16-13(2,3)4/h7,10-11,16H,1-6H3/b9-7-/t10-,11+/m1/s1. The fourth-order valence-electron chi connectivity index (χ4n) is 2.01. The van der Waals surface area contributed by atoms with E-state index in [1.54, 1.807) is 6.92 Å². The van der Waals surface area contributed by atoms with E-state index < -0.39 is 0 Å². The summed E-state index contributed by atoms with van der Waals surface area (Å²) in [6, 6.07) is 2.08. The summed E-state index contributed by atoms with van der Waals surface area (Å²) in [4.78, 5) is 17.1. The molecular weight excluding hydrogens is 228 g/mol. The topological polar surface area (TPSA) is 62.1 Å². The first kappa shape index (κ1) is 14.7. The molecule has 1 N–H and O–H groups in total. The summed E-state index contributed by atoms with van der Waals surface area (Å²) in [5.74, 6) is -0.330. The molecule has 0 amide bonds. The molecule has 1 aliphatic carbocycles. The van der Waals surface area contributed by atoms with E-state index in [0.717, 1.165) is 0 Å². The van der Waals surface area contributed by atoms with Crippen molar-refractivity contribution in [1.82, 2.24) is 5.48 Å². The van der Waals surface area contributed by atoms with Crippen LogP contribution in [0.3, 0.4) is 0 Å².